The first kappa shape index (κ1) is 13.8. The van der Waals surface area contributed by atoms with Crippen molar-refractivity contribution in [1.82, 2.24) is 0 Å². The van der Waals surface area contributed by atoms with Crippen LogP contribution in [0.15, 0.2) is 0 Å². The Bertz CT molecular complexity index is 283. The Morgan fingerprint density at radius 3 is 2.72 bits per heavy atom. The molecular formula is C13H23NO4. The van der Waals surface area contributed by atoms with Crippen LogP contribution in [0.5, 0.6) is 0 Å². The monoisotopic (exact) mass is 257 g/mol. The van der Waals surface area contributed by atoms with Crippen molar-refractivity contribution in [1.29, 1.82) is 0 Å². The van der Waals surface area contributed by atoms with Crippen LogP contribution in [0.3, 0.4) is 0 Å². The fourth-order valence-electron chi connectivity index (χ4n) is 3.24. The van der Waals surface area contributed by atoms with Crippen LogP contribution in [0.25, 0.3) is 0 Å². The minimum absolute atomic E-state index is 0.135. The number of hydrogen-bond donors (Lipinski definition) is 2. The summed E-state index contributed by atoms with van der Waals surface area (Å²) >= 11 is 0. The molecule has 2 fully saturated rings. The molecule has 104 valence electrons. The molecule has 2 atom stereocenters. The molecule has 0 saturated carbocycles. The minimum Gasteiger partial charge on any atom is -0.481 e. The van der Waals surface area contributed by atoms with Crippen molar-refractivity contribution in [3.63, 3.8) is 0 Å². The average Bonchev–Trinajstić information content (AvgIpc) is 2.36. The third kappa shape index (κ3) is 3.02. The molecule has 5 nitrogen and oxygen atoms in total. The molecule has 3 N–H and O–H groups in total. The van der Waals surface area contributed by atoms with E-state index >= 15 is 0 Å². The molecule has 0 aromatic heterocycles. The van der Waals surface area contributed by atoms with E-state index in [1.807, 2.05) is 0 Å². The highest BCUT2D eigenvalue weighted by Crippen LogP contribution is 2.40. The summed E-state index contributed by atoms with van der Waals surface area (Å²) in [7, 11) is 0. The maximum absolute atomic E-state index is 11.3. The molecule has 0 aromatic carbocycles. The van der Waals surface area contributed by atoms with E-state index in [1.165, 1.54) is 0 Å². The van der Waals surface area contributed by atoms with Crippen LogP contribution >= 0.6 is 0 Å². The minimum atomic E-state index is -0.713. The summed E-state index contributed by atoms with van der Waals surface area (Å²) in [5.41, 5.74) is 5.39. The van der Waals surface area contributed by atoms with Crippen LogP contribution in [0, 0.1) is 11.8 Å². The van der Waals surface area contributed by atoms with Gasteiger partial charge in [-0.05, 0) is 44.6 Å². The number of aliphatic carboxylic acids is 1. The highest BCUT2D eigenvalue weighted by molar-refractivity contribution is 5.70. The molecule has 2 aliphatic heterocycles. The van der Waals surface area contributed by atoms with Crippen molar-refractivity contribution in [3.05, 3.63) is 0 Å². The second-order valence-electron chi connectivity index (χ2n) is 5.42. The van der Waals surface area contributed by atoms with E-state index < -0.39 is 5.97 Å². The van der Waals surface area contributed by atoms with Gasteiger partial charge in [0, 0.05) is 19.8 Å². The van der Waals surface area contributed by atoms with Crippen molar-refractivity contribution in [2.75, 3.05) is 26.4 Å². The Morgan fingerprint density at radius 2 is 2.11 bits per heavy atom. The van der Waals surface area contributed by atoms with Crippen LogP contribution in [-0.2, 0) is 14.3 Å². The van der Waals surface area contributed by atoms with Crippen LogP contribution in [-0.4, -0.2) is 43.0 Å². The Hall–Kier alpha value is -0.650. The first-order chi connectivity index (χ1) is 8.67. The van der Waals surface area contributed by atoms with Crippen molar-refractivity contribution in [2.45, 2.75) is 37.7 Å². The third-order valence-corrected chi connectivity index (χ3v) is 4.30. The van der Waals surface area contributed by atoms with Crippen molar-refractivity contribution in [3.8, 4) is 0 Å². The summed E-state index contributed by atoms with van der Waals surface area (Å²) in [4.78, 5) is 11.3. The molecule has 2 rings (SSSR count). The van der Waals surface area contributed by atoms with Gasteiger partial charge in [-0.15, -0.1) is 0 Å². The second-order valence-corrected chi connectivity index (χ2v) is 5.42. The van der Waals surface area contributed by atoms with Crippen molar-refractivity contribution >= 4 is 5.97 Å². The summed E-state index contributed by atoms with van der Waals surface area (Å²) in [5.74, 6) is -0.842. The predicted molar refractivity (Wildman–Crippen MR) is 66.3 cm³/mol. The molecule has 2 unspecified atom stereocenters. The van der Waals surface area contributed by atoms with E-state index in [1.54, 1.807) is 0 Å². The lowest BCUT2D eigenvalue weighted by molar-refractivity contribution is -0.163. The quantitative estimate of drug-likeness (QED) is 0.785. The van der Waals surface area contributed by atoms with E-state index in [0.717, 1.165) is 38.9 Å². The first-order valence-electron chi connectivity index (χ1n) is 6.81. The molecule has 0 radical (unpaired) electrons. The number of ether oxygens (including phenoxy) is 2. The summed E-state index contributed by atoms with van der Waals surface area (Å²) < 4.78 is 11.3. The average molecular weight is 257 g/mol. The van der Waals surface area contributed by atoms with E-state index in [2.05, 4.69) is 0 Å². The maximum Gasteiger partial charge on any atom is 0.306 e. The molecule has 2 aliphatic rings. The maximum atomic E-state index is 11.3. The van der Waals surface area contributed by atoms with E-state index in [4.69, 9.17) is 15.2 Å². The summed E-state index contributed by atoms with van der Waals surface area (Å²) in [6.07, 6.45) is 4.01. The first-order valence-corrected chi connectivity index (χ1v) is 6.81. The molecule has 2 saturated heterocycles. The van der Waals surface area contributed by atoms with Gasteiger partial charge in [-0.2, -0.15) is 0 Å². The zero-order valence-electron chi connectivity index (χ0n) is 10.8. The number of carboxylic acid groups (broad SMARTS) is 1. The Labute approximate surface area is 108 Å². The Morgan fingerprint density at radius 1 is 1.39 bits per heavy atom. The van der Waals surface area contributed by atoms with Crippen molar-refractivity contribution < 1.29 is 19.4 Å². The van der Waals surface area contributed by atoms with E-state index in [9.17, 15) is 9.90 Å². The number of hydrogen-bond acceptors (Lipinski definition) is 4. The topological polar surface area (TPSA) is 81.8 Å². The number of nitrogens with two attached hydrogens (primary N) is 1. The number of carbonyl (C=O) groups is 1. The van der Waals surface area contributed by atoms with E-state index in [-0.39, 0.29) is 17.4 Å². The van der Waals surface area contributed by atoms with Gasteiger partial charge in [0.05, 0.1) is 11.5 Å². The van der Waals surface area contributed by atoms with Gasteiger partial charge in [-0.1, -0.05) is 0 Å². The third-order valence-electron chi connectivity index (χ3n) is 4.30. The molecule has 18 heavy (non-hydrogen) atoms. The van der Waals surface area contributed by atoms with Gasteiger partial charge in [0.1, 0.15) is 0 Å². The van der Waals surface area contributed by atoms with E-state index in [0.29, 0.717) is 19.6 Å². The SMILES string of the molecule is NCCC(C(=O)O)C1CCOC2(CCOCC2)C1. The zero-order valence-corrected chi connectivity index (χ0v) is 10.8. The van der Waals surface area contributed by atoms with Gasteiger partial charge in [0.25, 0.3) is 0 Å². The van der Waals surface area contributed by atoms with Gasteiger partial charge < -0.3 is 20.3 Å². The zero-order chi connectivity index (χ0) is 13.0. The molecular weight excluding hydrogens is 234 g/mol. The summed E-state index contributed by atoms with van der Waals surface area (Å²) in [6.45, 7) is 2.55. The fourth-order valence-corrected chi connectivity index (χ4v) is 3.24. The summed E-state index contributed by atoms with van der Waals surface area (Å²) in [6, 6.07) is 0. The van der Waals surface area contributed by atoms with Gasteiger partial charge >= 0.3 is 5.97 Å². The lowest BCUT2D eigenvalue weighted by Gasteiger charge is -2.44. The normalized spacial score (nSPS) is 29.1. The van der Waals surface area contributed by atoms with Gasteiger partial charge in [-0.25, -0.2) is 0 Å². The molecule has 0 aromatic rings. The molecule has 0 amide bonds. The van der Waals surface area contributed by atoms with Gasteiger partial charge in [-0.3, -0.25) is 4.79 Å². The fraction of sp³-hybridized carbons (Fsp3) is 0.923. The number of rotatable bonds is 4. The van der Waals surface area contributed by atoms with Crippen molar-refractivity contribution in [2.24, 2.45) is 17.6 Å². The van der Waals surface area contributed by atoms with Crippen LogP contribution in [0.1, 0.15) is 32.1 Å². The lowest BCUT2D eigenvalue weighted by atomic mass is 9.74. The Kier molecular flexibility index (Phi) is 4.59. The molecule has 5 heteroatoms. The molecule has 1 spiro atoms. The van der Waals surface area contributed by atoms with Crippen LogP contribution in [0.2, 0.25) is 0 Å². The predicted octanol–water partition coefficient (Wildman–Crippen LogP) is 1.01. The largest absolute Gasteiger partial charge is 0.481 e. The second kappa shape index (κ2) is 5.99. The number of carboxylic acids is 1. The molecule has 2 heterocycles. The smallest absolute Gasteiger partial charge is 0.306 e. The van der Waals surface area contributed by atoms with Gasteiger partial charge in [0.2, 0.25) is 0 Å². The molecule has 0 aliphatic carbocycles. The van der Waals surface area contributed by atoms with Crippen LogP contribution in [0.4, 0.5) is 0 Å². The lowest BCUT2D eigenvalue weighted by Crippen LogP contribution is -2.46. The summed E-state index contributed by atoms with van der Waals surface area (Å²) in [5, 5.41) is 9.32. The molecule has 0 bridgehead atoms. The van der Waals surface area contributed by atoms with Crippen LogP contribution < -0.4 is 5.73 Å². The Balaban J connectivity index is 2.02. The highest BCUT2D eigenvalue weighted by atomic mass is 16.5. The van der Waals surface area contributed by atoms with Gasteiger partial charge in [0.15, 0.2) is 0 Å². The highest BCUT2D eigenvalue weighted by Gasteiger charge is 2.42. The standard InChI is InChI=1S/C13H23NO4/c14-5-1-11(12(15)16)10-2-6-18-13(9-10)3-7-17-8-4-13/h10-11H,1-9,14H2,(H,15,16).